The van der Waals surface area contributed by atoms with Crippen molar-refractivity contribution >= 4 is 17.7 Å². The Kier molecular flexibility index (Phi) is 4.13. The van der Waals surface area contributed by atoms with Gasteiger partial charge >= 0.3 is 18.2 Å². The molecule has 3 rings (SSSR count). The summed E-state index contributed by atoms with van der Waals surface area (Å²) in [5.41, 5.74) is 0.996. The fourth-order valence-corrected chi connectivity index (χ4v) is 2.92. The van der Waals surface area contributed by atoms with Crippen molar-refractivity contribution in [2.45, 2.75) is 13.1 Å². The van der Waals surface area contributed by atoms with Crippen molar-refractivity contribution < 1.29 is 37.3 Å². The number of nitrogens with one attached hydrogen (secondary N) is 1. The number of halogens is 3. The van der Waals surface area contributed by atoms with Gasteiger partial charge in [0.25, 0.3) is 0 Å². The third-order valence-electron chi connectivity index (χ3n) is 4.31. The molecule has 0 radical (unpaired) electrons. The summed E-state index contributed by atoms with van der Waals surface area (Å²) in [4.78, 5) is 24.2. The second-order valence-electron chi connectivity index (χ2n) is 5.95. The van der Waals surface area contributed by atoms with E-state index in [0.29, 0.717) is 22.7 Å². The van der Waals surface area contributed by atoms with Crippen LogP contribution in [0.1, 0.15) is 5.56 Å². The van der Waals surface area contributed by atoms with Crippen LogP contribution in [0.25, 0.3) is 0 Å². The van der Waals surface area contributed by atoms with Crippen molar-refractivity contribution in [3.8, 4) is 11.5 Å². The molecular weight excluding hydrogens is 345 g/mol. The highest BCUT2D eigenvalue weighted by atomic mass is 19.4. The van der Waals surface area contributed by atoms with Crippen LogP contribution in [0.4, 0.5) is 23.7 Å². The van der Waals surface area contributed by atoms with Gasteiger partial charge in [0.15, 0.2) is 11.5 Å². The fourth-order valence-electron chi connectivity index (χ4n) is 2.92. The van der Waals surface area contributed by atoms with Crippen molar-refractivity contribution in [1.29, 1.82) is 0 Å². The van der Waals surface area contributed by atoms with Crippen LogP contribution >= 0.6 is 0 Å². The van der Waals surface area contributed by atoms with Crippen molar-refractivity contribution in [1.82, 2.24) is 4.90 Å². The normalized spacial score (nSPS) is 22.2. The monoisotopic (exact) mass is 360 g/mol. The molecule has 1 fully saturated rings. The first-order valence-corrected chi connectivity index (χ1v) is 7.42. The number of hydrogen-bond acceptors (Lipinski definition) is 4. The summed E-state index contributed by atoms with van der Waals surface area (Å²) in [5.74, 6) is -4.41. The Balaban J connectivity index is 1.75. The van der Waals surface area contributed by atoms with Crippen LogP contribution in [-0.2, 0) is 4.79 Å². The van der Waals surface area contributed by atoms with E-state index in [0.717, 1.165) is 4.90 Å². The number of aliphatic carboxylic acids is 1. The van der Waals surface area contributed by atoms with E-state index in [2.05, 4.69) is 5.32 Å². The summed E-state index contributed by atoms with van der Waals surface area (Å²) >= 11 is 0. The molecule has 2 aliphatic heterocycles. The molecule has 10 heteroatoms. The SMILES string of the molecule is Cc1cc2c(cc1NC(=O)N1C[C@@H](C(F)(F)F)[C@H](C(=O)O)C1)OCO2. The number of rotatable bonds is 2. The van der Waals surface area contributed by atoms with E-state index >= 15 is 0 Å². The highest BCUT2D eigenvalue weighted by Gasteiger charge is 2.53. The van der Waals surface area contributed by atoms with Crippen molar-refractivity contribution in [2.75, 3.05) is 25.2 Å². The number of benzene rings is 1. The number of carboxylic acid groups (broad SMARTS) is 1. The molecule has 7 nitrogen and oxygen atoms in total. The molecule has 2 amide bonds. The minimum absolute atomic E-state index is 0.0475. The summed E-state index contributed by atoms with van der Waals surface area (Å²) < 4.78 is 49.4. The van der Waals surface area contributed by atoms with Crippen LogP contribution in [0.15, 0.2) is 12.1 Å². The molecule has 0 bridgehead atoms. The quantitative estimate of drug-likeness (QED) is 0.846. The lowest BCUT2D eigenvalue weighted by molar-refractivity contribution is -0.187. The molecule has 2 atom stereocenters. The lowest BCUT2D eigenvalue weighted by Crippen LogP contribution is -2.35. The number of fused-ring (bicyclic) bond motifs is 1. The Hall–Kier alpha value is -2.65. The Labute approximate surface area is 140 Å². The van der Waals surface area contributed by atoms with E-state index < -0.39 is 43.1 Å². The lowest BCUT2D eigenvalue weighted by atomic mass is 9.96. The van der Waals surface area contributed by atoms with Crippen LogP contribution in [0.5, 0.6) is 11.5 Å². The zero-order chi connectivity index (χ0) is 18.4. The van der Waals surface area contributed by atoms with Gasteiger partial charge in [-0.05, 0) is 18.6 Å². The van der Waals surface area contributed by atoms with Crippen LogP contribution < -0.4 is 14.8 Å². The summed E-state index contributed by atoms with van der Waals surface area (Å²) in [6.07, 6.45) is -4.69. The van der Waals surface area contributed by atoms with Crippen LogP contribution in [-0.4, -0.2) is 48.1 Å². The number of carboxylic acids is 1. The summed E-state index contributed by atoms with van der Waals surface area (Å²) in [6, 6.07) is 2.36. The number of anilines is 1. The predicted octanol–water partition coefficient (Wildman–Crippen LogP) is 2.45. The molecule has 136 valence electrons. The molecule has 0 aromatic heterocycles. The van der Waals surface area contributed by atoms with Crippen molar-refractivity contribution in [2.24, 2.45) is 11.8 Å². The van der Waals surface area contributed by atoms with Gasteiger partial charge in [0.05, 0.1) is 11.8 Å². The van der Waals surface area contributed by atoms with Gasteiger partial charge in [-0.25, -0.2) is 4.79 Å². The van der Waals surface area contributed by atoms with E-state index in [1.54, 1.807) is 13.0 Å². The number of carbonyl (C=O) groups excluding carboxylic acids is 1. The molecule has 0 unspecified atom stereocenters. The Morgan fingerprint density at radius 2 is 1.88 bits per heavy atom. The van der Waals surface area contributed by atoms with Gasteiger partial charge in [-0.3, -0.25) is 4.79 Å². The molecule has 1 aromatic rings. The molecule has 2 aliphatic rings. The standard InChI is InChI=1S/C15H15F3N2O5/c1-7-2-11-12(25-6-24-11)3-10(7)19-14(23)20-4-8(13(21)22)9(5-20)15(16,17)18/h2-3,8-9H,4-6H2,1H3,(H,19,23)(H,21,22)/t8-,9-/m1/s1. The van der Waals surface area contributed by atoms with Gasteiger partial charge in [-0.1, -0.05) is 0 Å². The minimum Gasteiger partial charge on any atom is -0.481 e. The Morgan fingerprint density at radius 1 is 1.24 bits per heavy atom. The number of carbonyl (C=O) groups is 2. The zero-order valence-corrected chi connectivity index (χ0v) is 13.1. The molecule has 25 heavy (non-hydrogen) atoms. The smallest absolute Gasteiger partial charge is 0.394 e. The number of alkyl halides is 3. The zero-order valence-electron chi connectivity index (χ0n) is 13.1. The van der Waals surface area contributed by atoms with E-state index in [4.69, 9.17) is 14.6 Å². The molecule has 1 aromatic carbocycles. The highest BCUT2D eigenvalue weighted by molar-refractivity contribution is 5.91. The van der Waals surface area contributed by atoms with Gasteiger partial charge in [0, 0.05) is 24.8 Å². The van der Waals surface area contributed by atoms with Gasteiger partial charge in [0.1, 0.15) is 0 Å². The second kappa shape index (κ2) is 6.01. The van der Waals surface area contributed by atoms with Crippen molar-refractivity contribution in [3.63, 3.8) is 0 Å². The number of urea groups is 1. The highest BCUT2D eigenvalue weighted by Crippen LogP contribution is 2.39. The fraction of sp³-hybridized carbons (Fsp3) is 0.467. The predicted molar refractivity (Wildman–Crippen MR) is 78.6 cm³/mol. The molecule has 0 spiro atoms. The van der Waals surface area contributed by atoms with E-state index in [9.17, 15) is 22.8 Å². The van der Waals surface area contributed by atoms with E-state index in [1.165, 1.54) is 6.07 Å². The topological polar surface area (TPSA) is 88.1 Å². The number of ether oxygens (including phenoxy) is 2. The van der Waals surface area contributed by atoms with Crippen molar-refractivity contribution in [3.05, 3.63) is 17.7 Å². The third kappa shape index (κ3) is 3.28. The van der Waals surface area contributed by atoms with Crippen LogP contribution in [0, 0.1) is 18.8 Å². The second-order valence-corrected chi connectivity index (χ2v) is 5.95. The lowest BCUT2D eigenvalue weighted by Gasteiger charge is -2.19. The summed E-state index contributed by atoms with van der Waals surface area (Å²) in [5, 5.41) is 11.5. The minimum atomic E-state index is -4.69. The van der Waals surface area contributed by atoms with Gasteiger partial charge in [0.2, 0.25) is 6.79 Å². The first kappa shape index (κ1) is 17.2. The first-order chi connectivity index (χ1) is 11.7. The molecule has 2 heterocycles. The maximum Gasteiger partial charge on any atom is 0.394 e. The molecule has 2 N–H and O–H groups in total. The number of hydrogen-bond donors (Lipinski definition) is 2. The molecule has 1 saturated heterocycles. The molecule has 0 aliphatic carbocycles. The first-order valence-electron chi connectivity index (χ1n) is 7.42. The van der Waals surface area contributed by atoms with E-state index in [-0.39, 0.29) is 6.79 Å². The maximum absolute atomic E-state index is 13.0. The number of amides is 2. The van der Waals surface area contributed by atoms with Gasteiger partial charge < -0.3 is 24.8 Å². The van der Waals surface area contributed by atoms with Crippen LogP contribution in [0.3, 0.4) is 0 Å². The van der Waals surface area contributed by atoms with Gasteiger partial charge in [-0.15, -0.1) is 0 Å². The number of nitrogens with zero attached hydrogens (tertiary/aromatic N) is 1. The average molecular weight is 360 g/mol. The third-order valence-corrected chi connectivity index (χ3v) is 4.31. The molecule has 0 saturated carbocycles. The summed E-state index contributed by atoms with van der Waals surface area (Å²) in [7, 11) is 0. The summed E-state index contributed by atoms with van der Waals surface area (Å²) in [6.45, 7) is 0.539. The number of likely N-dealkylation sites (tertiary alicyclic amines) is 1. The van der Waals surface area contributed by atoms with Gasteiger partial charge in [-0.2, -0.15) is 13.2 Å². The number of aryl methyl sites for hydroxylation is 1. The van der Waals surface area contributed by atoms with E-state index in [1.807, 2.05) is 0 Å². The maximum atomic E-state index is 13.0. The Morgan fingerprint density at radius 3 is 2.44 bits per heavy atom. The largest absolute Gasteiger partial charge is 0.481 e. The van der Waals surface area contributed by atoms with Crippen LogP contribution in [0.2, 0.25) is 0 Å². The average Bonchev–Trinajstić information content (AvgIpc) is 3.13. The molecular formula is C15H15F3N2O5. The Bertz CT molecular complexity index is 722.